The van der Waals surface area contributed by atoms with Crippen molar-refractivity contribution in [1.29, 1.82) is 0 Å². The summed E-state index contributed by atoms with van der Waals surface area (Å²) in [6.45, 7) is -0.284. The number of nitrogens with two attached hydrogens (primary N) is 1. The molecule has 2 aromatic rings. The predicted octanol–water partition coefficient (Wildman–Crippen LogP) is 4.59. The lowest BCUT2D eigenvalue weighted by atomic mass is 9.94. The van der Waals surface area contributed by atoms with E-state index in [1.165, 1.54) is 6.42 Å². The zero-order valence-corrected chi connectivity index (χ0v) is 40.1. The Morgan fingerprint density at radius 2 is 1.47 bits per heavy atom. The number of primary amides is 1. The van der Waals surface area contributed by atoms with E-state index in [9.17, 15) is 80.5 Å². The first kappa shape index (κ1) is 60.3. The van der Waals surface area contributed by atoms with Gasteiger partial charge in [0.2, 0.25) is 5.91 Å². The number of benzene rings is 2. The number of phosphoric acid groups is 1. The monoisotopic (exact) mass is 1080 g/mol. The minimum atomic E-state index is -5.73. The number of carbonyl (C=O) groups is 4. The molecule has 0 bridgehead atoms. The summed E-state index contributed by atoms with van der Waals surface area (Å²) in [5.41, 5.74) is 1.51. The molecule has 2 aliphatic rings. The summed E-state index contributed by atoms with van der Waals surface area (Å²) in [5, 5.41) is 58.7. The summed E-state index contributed by atoms with van der Waals surface area (Å²) in [7, 11) is -5.73. The van der Waals surface area contributed by atoms with Gasteiger partial charge in [0.1, 0.15) is 36.6 Å². The quantitative estimate of drug-likeness (QED) is 0.0350. The van der Waals surface area contributed by atoms with E-state index in [-0.39, 0.29) is 6.61 Å². The second-order valence-corrected chi connectivity index (χ2v) is 18.6. The Morgan fingerprint density at radius 1 is 0.833 bits per heavy atom. The Bertz CT molecular complexity index is 2170. The lowest BCUT2D eigenvalue weighted by Crippen LogP contribution is -2.70. The third-order valence-electron chi connectivity index (χ3n) is 11.3. The van der Waals surface area contributed by atoms with E-state index in [1.54, 1.807) is 0 Å². The molecule has 2 saturated heterocycles. The van der Waals surface area contributed by atoms with Gasteiger partial charge in [0, 0.05) is 17.9 Å². The largest absolute Gasteiger partial charge is 0.479 e. The molecule has 4 rings (SSSR count). The number of aliphatic hydroxyl groups is 4. The Morgan fingerprint density at radius 3 is 2.06 bits per heavy atom. The molecule has 11 N–H and O–H groups in total. The average Bonchev–Trinajstić information content (AvgIpc) is 3.30. The first-order valence-corrected chi connectivity index (χ1v) is 24.5. The molecule has 2 heterocycles. The van der Waals surface area contributed by atoms with Crippen LogP contribution in [-0.4, -0.2) is 141 Å². The number of unbranched alkanes of at least 4 members (excludes halogenated alkanes) is 9. The van der Waals surface area contributed by atoms with E-state index in [0.717, 1.165) is 69.2 Å². The van der Waals surface area contributed by atoms with Crippen molar-refractivity contribution in [3.8, 4) is 0 Å². The van der Waals surface area contributed by atoms with Gasteiger partial charge in [-0.3, -0.25) is 18.6 Å². The summed E-state index contributed by atoms with van der Waals surface area (Å²) < 4.78 is 128. The predicted molar refractivity (Wildman–Crippen MR) is 238 cm³/mol. The van der Waals surface area contributed by atoms with Gasteiger partial charge in [-0.1, -0.05) is 82.4 Å². The third kappa shape index (κ3) is 17.7. The number of aliphatic hydroxyl groups excluding tert-OH is 4. The fourth-order valence-corrected chi connectivity index (χ4v) is 8.58. The van der Waals surface area contributed by atoms with E-state index >= 15 is 0 Å². The number of urea groups is 1. The fraction of sp³-hybridized carbons (Fsp3) is 0.628. The molecular formula is C43H58ClF6N4O17P. The first-order chi connectivity index (χ1) is 33.8. The van der Waals surface area contributed by atoms with Crippen molar-refractivity contribution in [2.24, 2.45) is 5.73 Å². The van der Waals surface area contributed by atoms with Crippen LogP contribution in [0.5, 0.6) is 0 Å². The second-order valence-electron chi connectivity index (χ2n) is 16.8. The normalized spacial score (nSPS) is 26.0. The number of nitrogens with one attached hydrogen (secondary N) is 3. The molecule has 4 amide bonds. The molecular weight excluding hydrogens is 1020 g/mol. The SMILES string of the molecule is CCCCCCCCCCCCO[C@H](COP(=O)(O)OC1OC(C(N)=O)C(O)C(NC(=O)Nc2ccc(Cl)c(C(F)(F)F)c2)C1OC1OC(CO)C(O)C(O)C1NC(=O)c1cccc(C(F)(F)F)c1)C(=O)O. The molecule has 0 spiro atoms. The van der Waals surface area contributed by atoms with E-state index < -0.39 is 152 Å². The number of anilines is 1. The van der Waals surface area contributed by atoms with Crippen LogP contribution < -0.4 is 21.7 Å². The van der Waals surface area contributed by atoms with Crippen LogP contribution in [0.15, 0.2) is 42.5 Å². The summed E-state index contributed by atoms with van der Waals surface area (Å²) in [6.07, 6.45) is -20.6. The van der Waals surface area contributed by atoms with Crippen molar-refractivity contribution >= 4 is 48.9 Å². The summed E-state index contributed by atoms with van der Waals surface area (Å²) in [5.74, 6) is -4.56. The summed E-state index contributed by atoms with van der Waals surface area (Å²) in [4.78, 5) is 62.7. The Kier molecular flexibility index (Phi) is 22.9. The molecule has 72 heavy (non-hydrogen) atoms. The maximum atomic E-state index is 13.7. The molecule has 2 aromatic carbocycles. The van der Waals surface area contributed by atoms with Crippen molar-refractivity contribution < 1.29 is 109 Å². The highest BCUT2D eigenvalue weighted by molar-refractivity contribution is 7.47. The number of alkyl halides is 6. The number of amides is 4. The van der Waals surface area contributed by atoms with Crippen LogP contribution >= 0.6 is 19.4 Å². The molecule has 0 saturated carbocycles. The van der Waals surface area contributed by atoms with Crippen molar-refractivity contribution in [3.05, 3.63) is 64.2 Å². The van der Waals surface area contributed by atoms with Gasteiger partial charge >= 0.3 is 32.2 Å². The summed E-state index contributed by atoms with van der Waals surface area (Å²) >= 11 is 5.69. The number of carboxylic acid groups (broad SMARTS) is 1. The average molecular weight is 1080 g/mol. The highest BCUT2D eigenvalue weighted by Crippen LogP contribution is 2.47. The van der Waals surface area contributed by atoms with Gasteiger partial charge in [-0.2, -0.15) is 26.3 Å². The van der Waals surface area contributed by atoms with Crippen LogP contribution in [0.25, 0.3) is 0 Å². The Balaban J connectivity index is 1.65. The minimum absolute atomic E-state index is 0.113. The van der Waals surface area contributed by atoms with Crippen LogP contribution in [0.2, 0.25) is 5.02 Å². The third-order valence-corrected chi connectivity index (χ3v) is 12.6. The second kappa shape index (κ2) is 27.4. The zero-order chi connectivity index (χ0) is 53.6. The molecule has 0 radical (unpaired) electrons. The highest BCUT2D eigenvalue weighted by atomic mass is 35.5. The van der Waals surface area contributed by atoms with Crippen molar-refractivity contribution in [2.75, 3.05) is 25.1 Å². The first-order valence-electron chi connectivity index (χ1n) is 22.6. The van der Waals surface area contributed by atoms with Crippen LogP contribution in [0.1, 0.15) is 92.6 Å². The van der Waals surface area contributed by atoms with E-state index in [4.69, 9.17) is 45.3 Å². The zero-order valence-electron chi connectivity index (χ0n) is 38.4. The van der Waals surface area contributed by atoms with Crippen molar-refractivity contribution in [2.45, 2.75) is 151 Å². The number of hydrogen-bond acceptors (Lipinski definition) is 15. The Hall–Kier alpha value is -4.22. The van der Waals surface area contributed by atoms with E-state index in [1.807, 2.05) is 5.32 Å². The number of ether oxygens (including phenoxy) is 4. The number of halogens is 7. The number of hydrogen-bond donors (Lipinski definition) is 10. The van der Waals surface area contributed by atoms with Gasteiger partial charge in [0.05, 0.1) is 35.4 Å². The van der Waals surface area contributed by atoms with Crippen molar-refractivity contribution in [3.63, 3.8) is 0 Å². The smallest absolute Gasteiger partial charge is 0.474 e. The molecule has 21 nitrogen and oxygen atoms in total. The number of phosphoric ester groups is 1. The molecule has 2 fully saturated rings. The fourth-order valence-electron chi connectivity index (χ4n) is 7.54. The lowest BCUT2D eigenvalue weighted by Gasteiger charge is -2.48. The van der Waals surface area contributed by atoms with Crippen LogP contribution in [-0.2, 0) is 54.5 Å². The van der Waals surface area contributed by atoms with Crippen LogP contribution in [0.3, 0.4) is 0 Å². The van der Waals surface area contributed by atoms with Crippen molar-refractivity contribution in [1.82, 2.24) is 10.6 Å². The molecule has 12 atom stereocenters. The number of carboxylic acids is 1. The highest BCUT2D eigenvalue weighted by Gasteiger charge is 2.55. The molecule has 0 aliphatic carbocycles. The molecule has 29 heteroatoms. The van der Waals surface area contributed by atoms with E-state index in [2.05, 4.69) is 17.6 Å². The van der Waals surface area contributed by atoms with Gasteiger partial charge < -0.3 is 71.1 Å². The number of rotatable bonds is 26. The molecule has 0 aromatic heterocycles. The van der Waals surface area contributed by atoms with Gasteiger partial charge in [-0.15, -0.1) is 0 Å². The topological polar surface area (TPSA) is 324 Å². The van der Waals surface area contributed by atoms with E-state index in [0.29, 0.717) is 31.0 Å². The van der Waals surface area contributed by atoms with Gasteiger partial charge in [-0.25, -0.2) is 14.2 Å². The van der Waals surface area contributed by atoms with Gasteiger partial charge in [-0.05, 0) is 42.8 Å². The van der Waals surface area contributed by atoms with Crippen LogP contribution in [0.4, 0.5) is 36.8 Å². The van der Waals surface area contributed by atoms with Crippen LogP contribution in [0, 0.1) is 0 Å². The van der Waals surface area contributed by atoms with Gasteiger partial charge in [0.15, 0.2) is 24.8 Å². The maximum absolute atomic E-state index is 13.7. The minimum Gasteiger partial charge on any atom is -0.479 e. The number of aliphatic carboxylic acids is 1. The molecule has 2 aliphatic heterocycles. The standard InChI is InChI=1S/C43H58ClF6N4O17P/c1-2-3-4-5-6-7-8-9-10-11-17-66-28(38(61)62)21-67-72(64,65)71-40-34(29(33(58)35(70-40)36(51)59)54-41(63)52-24-15-16-26(44)25(19-24)43(48,49)50)69-39-30(32(57)31(56)27(20-55)68-39)53-37(60)22-13-12-14-23(18-22)42(45,46)47/h12-16,18-19,27-35,39-40,55-58H,2-11,17,20-21H2,1H3,(H2,51,59)(H,53,60)(H,61,62)(H,64,65)(H2,52,54,63)/t27?,28-,29?,30?,31?,32?,33?,34?,35?,39?,40?/m1/s1. The molecule has 11 unspecified atom stereocenters. The van der Waals surface area contributed by atoms with Gasteiger partial charge in [0.25, 0.3) is 5.91 Å². The molecule has 406 valence electrons. The number of carbonyl (C=O) groups excluding carboxylic acids is 3. The summed E-state index contributed by atoms with van der Waals surface area (Å²) in [6, 6.07) is -0.966. The maximum Gasteiger partial charge on any atom is 0.474 e. The Labute approximate surface area is 413 Å². The lowest BCUT2D eigenvalue weighted by molar-refractivity contribution is -0.325.